The van der Waals surface area contributed by atoms with Gasteiger partial charge in [0.05, 0.1) is 11.4 Å². The van der Waals surface area contributed by atoms with Crippen molar-refractivity contribution in [3.8, 4) is 11.5 Å². The average molecular weight is 404 g/mol. The Bertz CT molecular complexity index is 852. The molecular weight excluding hydrogens is 390 g/mol. The zero-order valence-corrected chi connectivity index (χ0v) is 15.2. The number of hydrogen-bond acceptors (Lipinski definition) is 5. The number of benzene rings is 2. The van der Waals surface area contributed by atoms with Gasteiger partial charge in [0.2, 0.25) is 11.8 Å². The largest absolute Gasteiger partial charge is 0.411 e. The van der Waals surface area contributed by atoms with Crippen molar-refractivity contribution in [1.82, 2.24) is 10.2 Å². The SMILES string of the molecule is Cc1ccc(NC(=O)CSc2nnc(-c3ccccc3)o2)c(Br)c1. The summed E-state index contributed by atoms with van der Waals surface area (Å²) in [4.78, 5) is 12.1. The van der Waals surface area contributed by atoms with Gasteiger partial charge < -0.3 is 9.73 Å². The molecule has 0 aliphatic carbocycles. The van der Waals surface area contributed by atoms with Crippen LogP contribution in [0.15, 0.2) is 62.6 Å². The Kier molecular flexibility index (Phi) is 5.32. The molecule has 1 N–H and O–H groups in total. The van der Waals surface area contributed by atoms with Crippen molar-refractivity contribution in [1.29, 1.82) is 0 Å². The first kappa shape index (κ1) is 16.7. The zero-order chi connectivity index (χ0) is 16.9. The second-order valence-corrected chi connectivity index (χ2v) is 6.84. The summed E-state index contributed by atoms with van der Waals surface area (Å²) in [7, 11) is 0. The van der Waals surface area contributed by atoms with E-state index in [0.717, 1.165) is 21.3 Å². The summed E-state index contributed by atoms with van der Waals surface area (Å²) in [5.41, 5.74) is 2.71. The molecule has 0 aliphatic rings. The summed E-state index contributed by atoms with van der Waals surface area (Å²) in [5, 5.41) is 11.2. The number of nitrogens with one attached hydrogen (secondary N) is 1. The fourth-order valence-electron chi connectivity index (χ4n) is 2.00. The first-order valence-corrected chi connectivity index (χ1v) is 8.97. The molecule has 0 aliphatic heterocycles. The molecule has 2 aromatic carbocycles. The molecule has 0 fully saturated rings. The molecule has 0 bridgehead atoms. The van der Waals surface area contributed by atoms with Crippen LogP contribution in [-0.2, 0) is 4.79 Å². The van der Waals surface area contributed by atoms with Crippen molar-refractivity contribution in [2.24, 2.45) is 0 Å². The van der Waals surface area contributed by atoms with Crippen LogP contribution < -0.4 is 5.32 Å². The second-order valence-electron chi connectivity index (χ2n) is 5.06. The number of rotatable bonds is 5. The Morgan fingerprint density at radius 2 is 2.00 bits per heavy atom. The van der Waals surface area contributed by atoms with E-state index >= 15 is 0 Å². The standard InChI is InChI=1S/C17H14BrN3O2S/c1-11-7-8-14(13(18)9-11)19-15(22)10-24-17-21-20-16(23-17)12-5-3-2-4-6-12/h2-9H,10H2,1H3,(H,19,22). The predicted octanol–water partition coefficient (Wildman–Crippen LogP) is 4.54. The molecule has 3 rings (SSSR count). The number of nitrogens with zero attached hydrogens (tertiary/aromatic N) is 2. The van der Waals surface area contributed by atoms with E-state index in [1.807, 2.05) is 55.5 Å². The van der Waals surface area contributed by atoms with Gasteiger partial charge in [0.15, 0.2) is 0 Å². The molecule has 0 saturated carbocycles. The van der Waals surface area contributed by atoms with Crippen LogP contribution in [0.3, 0.4) is 0 Å². The number of aryl methyl sites for hydroxylation is 1. The van der Waals surface area contributed by atoms with Crippen LogP contribution in [0.4, 0.5) is 5.69 Å². The van der Waals surface area contributed by atoms with Crippen LogP contribution in [0.1, 0.15) is 5.56 Å². The lowest BCUT2D eigenvalue weighted by atomic mass is 10.2. The number of carbonyl (C=O) groups excluding carboxylic acids is 1. The highest BCUT2D eigenvalue weighted by molar-refractivity contribution is 9.10. The molecule has 122 valence electrons. The third kappa shape index (κ3) is 4.24. The molecule has 1 amide bonds. The summed E-state index contributed by atoms with van der Waals surface area (Å²) in [6.45, 7) is 1.99. The monoisotopic (exact) mass is 403 g/mol. The second kappa shape index (κ2) is 7.63. The van der Waals surface area contributed by atoms with E-state index in [0.29, 0.717) is 11.1 Å². The van der Waals surface area contributed by atoms with Crippen LogP contribution in [0.5, 0.6) is 0 Å². The van der Waals surface area contributed by atoms with Crippen molar-refractivity contribution in [2.75, 3.05) is 11.1 Å². The minimum Gasteiger partial charge on any atom is -0.411 e. The van der Waals surface area contributed by atoms with Crippen LogP contribution >= 0.6 is 27.7 Å². The topological polar surface area (TPSA) is 68.0 Å². The fraction of sp³-hybridized carbons (Fsp3) is 0.118. The van der Waals surface area contributed by atoms with Crippen LogP contribution in [0, 0.1) is 6.92 Å². The quantitative estimate of drug-likeness (QED) is 0.633. The maximum absolute atomic E-state index is 12.1. The fourth-order valence-corrected chi connectivity index (χ4v) is 3.16. The van der Waals surface area contributed by atoms with Gasteiger partial charge in [0, 0.05) is 10.0 Å². The van der Waals surface area contributed by atoms with Crippen molar-refractivity contribution in [2.45, 2.75) is 12.1 Å². The zero-order valence-electron chi connectivity index (χ0n) is 12.8. The van der Waals surface area contributed by atoms with Gasteiger partial charge >= 0.3 is 0 Å². The normalized spacial score (nSPS) is 10.6. The van der Waals surface area contributed by atoms with E-state index in [-0.39, 0.29) is 11.7 Å². The lowest BCUT2D eigenvalue weighted by Gasteiger charge is -2.07. The molecule has 5 nitrogen and oxygen atoms in total. The number of aromatic nitrogens is 2. The molecule has 7 heteroatoms. The minimum absolute atomic E-state index is 0.135. The number of hydrogen-bond donors (Lipinski definition) is 1. The van der Waals surface area contributed by atoms with Gasteiger partial charge in [-0.15, -0.1) is 10.2 Å². The maximum Gasteiger partial charge on any atom is 0.277 e. The van der Waals surface area contributed by atoms with Crippen LogP contribution in [0.25, 0.3) is 11.5 Å². The molecule has 3 aromatic rings. The lowest BCUT2D eigenvalue weighted by molar-refractivity contribution is -0.113. The van der Waals surface area contributed by atoms with Crippen molar-refractivity contribution in [3.63, 3.8) is 0 Å². The van der Waals surface area contributed by atoms with Gasteiger partial charge in [-0.3, -0.25) is 4.79 Å². The number of halogens is 1. The molecule has 24 heavy (non-hydrogen) atoms. The van der Waals surface area contributed by atoms with E-state index in [9.17, 15) is 4.79 Å². The third-order valence-electron chi connectivity index (χ3n) is 3.15. The summed E-state index contributed by atoms with van der Waals surface area (Å²) >= 11 is 4.64. The molecule has 0 spiro atoms. The highest BCUT2D eigenvalue weighted by Gasteiger charge is 2.12. The summed E-state index contributed by atoms with van der Waals surface area (Å²) in [6.07, 6.45) is 0. The molecule has 0 unspecified atom stereocenters. The van der Waals surface area contributed by atoms with E-state index in [2.05, 4.69) is 31.4 Å². The number of carbonyl (C=O) groups is 1. The first-order chi connectivity index (χ1) is 11.6. The third-order valence-corrected chi connectivity index (χ3v) is 4.63. The molecule has 0 radical (unpaired) electrons. The molecule has 0 saturated heterocycles. The van der Waals surface area contributed by atoms with E-state index in [1.165, 1.54) is 11.8 Å². The Balaban J connectivity index is 1.58. The predicted molar refractivity (Wildman–Crippen MR) is 98.0 cm³/mol. The highest BCUT2D eigenvalue weighted by atomic mass is 79.9. The Labute approximate surface area is 152 Å². The molecular formula is C17H14BrN3O2S. The number of anilines is 1. The molecule has 0 atom stereocenters. The number of amides is 1. The molecule has 1 aromatic heterocycles. The smallest absolute Gasteiger partial charge is 0.277 e. The summed E-state index contributed by atoms with van der Waals surface area (Å²) < 4.78 is 6.41. The Hall–Kier alpha value is -2.12. The maximum atomic E-state index is 12.1. The van der Waals surface area contributed by atoms with Gasteiger partial charge in [0.1, 0.15) is 0 Å². The van der Waals surface area contributed by atoms with E-state index < -0.39 is 0 Å². The lowest BCUT2D eigenvalue weighted by Crippen LogP contribution is -2.14. The van der Waals surface area contributed by atoms with Crippen molar-refractivity contribution < 1.29 is 9.21 Å². The van der Waals surface area contributed by atoms with Gasteiger partial charge in [-0.1, -0.05) is 36.0 Å². The number of thioether (sulfide) groups is 1. The highest BCUT2D eigenvalue weighted by Crippen LogP contribution is 2.25. The average Bonchev–Trinajstić information content (AvgIpc) is 3.05. The van der Waals surface area contributed by atoms with Gasteiger partial charge in [-0.2, -0.15) is 0 Å². The minimum atomic E-state index is -0.135. The van der Waals surface area contributed by atoms with Gasteiger partial charge in [0.25, 0.3) is 5.22 Å². The van der Waals surface area contributed by atoms with Crippen LogP contribution in [0.2, 0.25) is 0 Å². The summed E-state index contributed by atoms with van der Waals surface area (Å²) in [5.74, 6) is 0.500. The van der Waals surface area contributed by atoms with Crippen LogP contribution in [-0.4, -0.2) is 21.9 Å². The molecule has 1 heterocycles. The Morgan fingerprint density at radius 3 is 2.75 bits per heavy atom. The van der Waals surface area contributed by atoms with Gasteiger partial charge in [-0.25, -0.2) is 0 Å². The van der Waals surface area contributed by atoms with E-state index in [4.69, 9.17) is 4.42 Å². The summed E-state index contributed by atoms with van der Waals surface area (Å²) in [6, 6.07) is 15.3. The Morgan fingerprint density at radius 1 is 1.21 bits per heavy atom. The van der Waals surface area contributed by atoms with Gasteiger partial charge in [-0.05, 0) is 52.7 Å². The van der Waals surface area contributed by atoms with E-state index in [1.54, 1.807) is 0 Å². The van der Waals surface area contributed by atoms with Crippen molar-refractivity contribution in [3.05, 3.63) is 58.6 Å². The van der Waals surface area contributed by atoms with Crippen molar-refractivity contribution >= 4 is 39.3 Å². The first-order valence-electron chi connectivity index (χ1n) is 7.19.